The second-order valence-electron chi connectivity index (χ2n) is 5.53. The van der Waals surface area contributed by atoms with Gasteiger partial charge in [-0.1, -0.05) is 56.5 Å². The van der Waals surface area contributed by atoms with Crippen molar-refractivity contribution in [2.24, 2.45) is 11.7 Å². The van der Waals surface area contributed by atoms with Crippen molar-refractivity contribution in [1.29, 1.82) is 0 Å². The molecule has 0 saturated heterocycles. The van der Waals surface area contributed by atoms with Crippen LogP contribution < -0.4 is 11.1 Å². The van der Waals surface area contributed by atoms with Crippen LogP contribution in [0.15, 0.2) is 30.3 Å². The molecule has 3 nitrogen and oxygen atoms in total. The van der Waals surface area contributed by atoms with E-state index in [0.717, 1.165) is 24.3 Å². The summed E-state index contributed by atoms with van der Waals surface area (Å²) in [4.78, 5) is 12.2. The molecule has 1 aliphatic carbocycles. The van der Waals surface area contributed by atoms with E-state index in [9.17, 15) is 4.79 Å². The Morgan fingerprint density at radius 3 is 2.79 bits per heavy atom. The summed E-state index contributed by atoms with van der Waals surface area (Å²) < 4.78 is 0. The number of nitrogens with one attached hydrogen (secondary N) is 1. The first-order valence-corrected chi connectivity index (χ1v) is 7.31. The van der Waals surface area contributed by atoms with Gasteiger partial charge in [0.15, 0.2) is 0 Å². The van der Waals surface area contributed by atoms with Crippen LogP contribution in [0.25, 0.3) is 0 Å². The number of rotatable bonds is 4. The predicted molar refractivity (Wildman–Crippen MR) is 77.6 cm³/mol. The second kappa shape index (κ2) is 6.71. The molecule has 1 fully saturated rings. The Labute approximate surface area is 115 Å². The van der Waals surface area contributed by atoms with Crippen LogP contribution in [0.2, 0.25) is 0 Å². The zero-order valence-electron chi connectivity index (χ0n) is 11.6. The highest BCUT2D eigenvalue weighted by Crippen LogP contribution is 2.26. The maximum Gasteiger partial charge on any atom is 0.241 e. The van der Waals surface area contributed by atoms with Gasteiger partial charge in [-0.3, -0.25) is 4.79 Å². The molecule has 0 aromatic heterocycles. The first-order chi connectivity index (χ1) is 9.20. The van der Waals surface area contributed by atoms with E-state index in [1.54, 1.807) is 0 Å². The lowest BCUT2D eigenvalue weighted by Crippen LogP contribution is -2.42. The minimum Gasteiger partial charge on any atom is -0.352 e. The summed E-state index contributed by atoms with van der Waals surface area (Å²) in [7, 11) is 0. The van der Waals surface area contributed by atoms with Crippen molar-refractivity contribution < 1.29 is 4.79 Å². The SMILES string of the molecule is CCC1CCCC(NC(=O)[C@H](N)c2ccccc2)C1. The van der Waals surface area contributed by atoms with Gasteiger partial charge in [-0.05, 0) is 24.3 Å². The Kier molecular flexibility index (Phi) is 4.97. The molecule has 3 N–H and O–H groups in total. The maximum atomic E-state index is 12.2. The van der Waals surface area contributed by atoms with Crippen molar-refractivity contribution in [3.8, 4) is 0 Å². The molecule has 1 saturated carbocycles. The molecule has 104 valence electrons. The lowest BCUT2D eigenvalue weighted by molar-refractivity contribution is -0.123. The molecule has 1 amide bonds. The molecule has 3 atom stereocenters. The first kappa shape index (κ1) is 14.1. The summed E-state index contributed by atoms with van der Waals surface area (Å²) in [6.07, 6.45) is 5.91. The molecule has 1 aliphatic rings. The molecular formula is C16H24N2O. The number of amides is 1. The number of hydrogen-bond acceptors (Lipinski definition) is 2. The standard InChI is InChI=1S/C16H24N2O/c1-2-12-7-6-10-14(11-12)18-16(19)15(17)13-8-4-3-5-9-13/h3-5,8-9,12,14-15H,2,6-7,10-11,17H2,1H3,(H,18,19)/t12?,14?,15-/m1/s1. The molecule has 0 bridgehead atoms. The molecule has 1 aromatic carbocycles. The van der Waals surface area contributed by atoms with Gasteiger partial charge in [0.1, 0.15) is 6.04 Å². The maximum absolute atomic E-state index is 12.2. The van der Waals surface area contributed by atoms with Crippen molar-refractivity contribution in [1.82, 2.24) is 5.32 Å². The Bertz CT molecular complexity index is 404. The minimum atomic E-state index is -0.553. The van der Waals surface area contributed by atoms with E-state index in [1.807, 2.05) is 30.3 Å². The van der Waals surface area contributed by atoms with E-state index in [2.05, 4.69) is 12.2 Å². The fourth-order valence-electron chi connectivity index (χ4n) is 2.90. The van der Waals surface area contributed by atoms with Crippen LogP contribution in [0.3, 0.4) is 0 Å². The van der Waals surface area contributed by atoms with E-state index in [4.69, 9.17) is 5.73 Å². The zero-order valence-corrected chi connectivity index (χ0v) is 11.6. The van der Waals surface area contributed by atoms with E-state index < -0.39 is 6.04 Å². The number of benzene rings is 1. The van der Waals surface area contributed by atoms with Gasteiger partial charge in [-0.25, -0.2) is 0 Å². The van der Waals surface area contributed by atoms with Crippen LogP contribution in [0, 0.1) is 5.92 Å². The lowest BCUT2D eigenvalue weighted by Gasteiger charge is -2.30. The summed E-state index contributed by atoms with van der Waals surface area (Å²) in [5.41, 5.74) is 6.89. The van der Waals surface area contributed by atoms with Gasteiger partial charge in [0.25, 0.3) is 0 Å². The highest BCUT2D eigenvalue weighted by molar-refractivity contribution is 5.83. The molecular weight excluding hydrogens is 236 g/mol. The van der Waals surface area contributed by atoms with Crippen LogP contribution in [-0.4, -0.2) is 11.9 Å². The molecule has 19 heavy (non-hydrogen) atoms. The summed E-state index contributed by atoms with van der Waals surface area (Å²) in [5.74, 6) is 0.708. The third-order valence-electron chi connectivity index (χ3n) is 4.15. The smallest absolute Gasteiger partial charge is 0.241 e. The largest absolute Gasteiger partial charge is 0.352 e. The topological polar surface area (TPSA) is 55.1 Å². The fourth-order valence-corrected chi connectivity index (χ4v) is 2.90. The van der Waals surface area contributed by atoms with Crippen LogP contribution in [0.5, 0.6) is 0 Å². The van der Waals surface area contributed by atoms with Gasteiger partial charge in [-0.2, -0.15) is 0 Å². The van der Waals surface area contributed by atoms with E-state index >= 15 is 0 Å². The number of carbonyl (C=O) groups excluding carboxylic acids is 1. The molecule has 0 spiro atoms. The highest BCUT2D eigenvalue weighted by atomic mass is 16.2. The van der Waals surface area contributed by atoms with Crippen molar-refractivity contribution in [2.75, 3.05) is 0 Å². The summed E-state index contributed by atoms with van der Waals surface area (Å²) in [6, 6.07) is 9.32. The number of hydrogen-bond donors (Lipinski definition) is 2. The van der Waals surface area contributed by atoms with Crippen molar-refractivity contribution in [3.05, 3.63) is 35.9 Å². The van der Waals surface area contributed by atoms with Crippen LogP contribution >= 0.6 is 0 Å². The minimum absolute atomic E-state index is 0.0482. The third-order valence-corrected chi connectivity index (χ3v) is 4.15. The van der Waals surface area contributed by atoms with Crippen molar-refractivity contribution in [2.45, 2.75) is 51.1 Å². The number of carbonyl (C=O) groups is 1. The quantitative estimate of drug-likeness (QED) is 0.874. The molecule has 0 heterocycles. The molecule has 0 aliphatic heterocycles. The van der Waals surface area contributed by atoms with Gasteiger partial charge in [0, 0.05) is 6.04 Å². The van der Waals surface area contributed by atoms with Gasteiger partial charge in [0.2, 0.25) is 5.91 Å². The second-order valence-corrected chi connectivity index (χ2v) is 5.53. The predicted octanol–water partition coefficient (Wildman–Crippen LogP) is 2.77. The van der Waals surface area contributed by atoms with E-state index in [-0.39, 0.29) is 5.91 Å². The first-order valence-electron chi connectivity index (χ1n) is 7.31. The summed E-state index contributed by atoms with van der Waals surface area (Å²) in [6.45, 7) is 2.23. The average molecular weight is 260 g/mol. The average Bonchev–Trinajstić information content (AvgIpc) is 2.47. The molecule has 1 aromatic rings. The zero-order chi connectivity index (χ0) is 13.7. The third kappa shape index (κ3) is 3.80. The van der Waals surface area contributed by atoms with Crippen molar-refractivity contribution in [3.63, 3.8) is 0 Å². The van der Waals surface area contributed by atoms with E-state index in [0.29, 0.717) is 6.04 Å². The summed E-state index contributed by atoms with van der Waals surface area (Å²) in [5, 5.41) is 3.12. The Morgan fingerprint density at radius 2 is 2.11 bits per heavy atom. The monoisotopic (exact) mass is 260 g/mol. The van der Waals surface area contributed by atoms with Gasteiger partial charge < -0.3 is 11.1 Å². The molecule has 2 rings (SSSR count). The molecule has 2 unspecified atom stereocenters. The van der Waals surface area contributed by atoms with Gasteiger partial charge in [-0.15, -0.1) is 0 Å². The van der Waals surface area contributed by atoms with Crippen LogP contribution in [0.1, 0.15) is 50.6 Å². The Morgan fingerprint density at radius 1 is 1.37 bits per heavy atom. The summed E-state index contributed by atoms with van der Waals surface area (Å²) >= 11 is 0. The number of nitrogens with two attached hydrogens (primary N) is 1. The highest BCUT2D eigenvalue weighted by Gasteiger charge is 2.24. The molecule has 0 radical (unpaired) electrons. The normalized spacial score (nSPS) is 24.7. The van der Waals surface area contributed by atoms with E-state index in [1.165, 1.54) is 19.3 Å². The Hall–Kier alpha value is -1.35. The van der Waals surface area contributed by atoms with Gasteiger partial charge >= 0.3 is 0 Å². The Balaban J connectivity index is 1.90. The fraction of sp³-hybridized carbons (Fsp3) is 0.562. The van der Waals surface area contributed by atoms with Gasteiger partial charge in [0.05, 0.1) is 0 Å². The lowest BCUT2D eigenvalue weighted by atomic mass is 9.84. The van der Waals surface area contributed by atoms with Crippen molar-refractivity contribution >= 4 is 5.91 Å². The van der Waals surface area contributed by atoms with Crippen LogP contribution in [0.4, 0.5) is 0 Å². The van der Waals surface area contributed by atoms with Crippen LogP contribution in [-0.2, 0) is 4.79 Å². The molecule has 3 heteroatoms.